The molecule has 1 aromatic heterocycles. The summed E-state index contributed by atoms with van der Waals surface area (Å²) in [6.45, 7) is 0.700. The van der Waals surface area contributed by atoms with E-state index >= 15 is 0 Å². The largest absolute Gasteiger partial charge is 0.340 e. The zero-order chi connectivity index (χ0) is 25.6. The lowest BCUT2D eigenvalue weighted by molar-refractivity contribution is 0.0574. The van der Waals surface area contributed by atoms with E-state index in [2.05, 4.69) is 20.6 Å². The molecule has 1 aliphatic heterocycles. The molecule has 4 N–H and O–H groups in total. The van der Waals surface area contributed by atoms with Crippen molar-refractivity contribution >= 4 is 29.0 Å². The number of anilines is 4. The molecule has 7 nitrogen and oxygen atoms in total. The quantitative estimate of drug-likeness (QED) is 0.299. The van der Waals surface area contributed by atoms with Crippen molar-refractivity contribution < 1.29 is 9.18 Å². The number of aromatic nitrogens is 2. The van der Waals surface area contributed by atoms with Gasteiger partial charge in [-0.15, -0.1) is 0 Å². The van der Waals surface area contributed by atoms with E-state index in [9.17, 15) is 9.18 Å². The number of nitrogens with two attached hydrogens (primary N) is 1. The van der Waals surface area contributed by atoms with Gasteiger partial charge in [-0.3, -0.25) is 4.79 Å². The van der Waals surface area contributed by atoms with E-state index in [0.29, 0.717) is 23.9 Å². The fourth-order valence-electron chi connectivity index (χ4n) is 4.64. The van der Waals surface area contributed by atoms with Crippen LogP contribution < -0.4 is 16.4 Å². The molecule has 0 aliphatic carbocycles. The maximum Gasteiger partial charge on any atom is 0.254 e. The molecule has 1 aliphatic rings. The van der Waals surface area contributed by atoms with Gasteiger partial charge in [-0.1, -0.05) is 30.3 Å². The molecule has 1 saturated heterocycles. The van der Waals surface area contributed by atoms with Crippen LogP contribution in [0, 0.1) is 5.82 Å². The number of likely N-dealkylation sites (tertiary alicyclic amines) is 1. The second kappa shape index (κ2) is 11.2. The lowest BCUT2D eigenvalue weighted by Crippen LogP contribution is -2.49. The van der Waals surface area contributed by atoms with Crippen LogP contribution in [0.15, 0.2) is 91.1 Å². The molecule has 3 aromatic carbocycles. The van der Waals surface area contributed by atoms with Gasteiger partial charge < -0.3 is 21.3 Å². The van der Waals surface area contributed by atoms with Gasteiger partial charge in [0.1, 0.15) is 11.6 Å². The number of rotatable bonds is 7. The molecule has 2 atom stereocenters. The van der Waals surface area contributed by atoms with Crippen LogP contribution in [0.5, 0.6) is 0 Å². The van der Waals surface area contributed by atoms with Crippen LogP contribution in [0.2, 0.25) is 0 Å². The normalized spacial score (nSPS) is 16.2. The third-order valence-electron chi connectivity index (χ3n) is 6.57. The molecule has 188 valence electrons. The minimum Gasteiger partial charge on any atom is -0.340 e. The zero-order valence-corrected chi connectivity index (χ0v) is 20.3. The maximum absolute atomic E-state index is 13.4. The summed E-state index contributed by atoms with van der Waals surface area (Å²) in [7, 11) is 0. The Morgan fingerprint density at radius 2 is 1.62 bits per heavy atom. The molecule has 0 saturated carbocycles. The van der Waals surface area contributed by atoms with Crippen molar-refractivity contribution in [1.82, 2.24) is 14.9 Å². The van der Waals surface area contributed by atoms with E-state index < -0.39 is 0 Å². The van der Waals surface area contributed by atoms with Gasteiger partial charge >= 0.3 is 0 Å². The lowest BCUT2D eigenvalue weighted by atomic mass is 9.91. The van der Waals surface area contributed by atoms with Gasteiger partial charge in [0.15, 0.2) is 0 Å². The minimum absolute atomic E-state index is 0.00984. The van der Waals surface area contributed by atoms with Gasteiger partial charge in [0.25, 0.3) is 5.91 Å². The highest BCUT2D eigenvalue weighted by Gasteiger charge is 2.32. The fraction of sp³-hybridized carbons (Fsp3) is 0.207. The average Bonchev–Trinajstić information content (AvgIpc) is 2.95. The van der Waals surface area contributed by atoms with Gasteiger partial charge in [-0.2, -0.15) is 4.98 Å². The number of nitrogens with zero attached hydrogens (tertiary/aromatic N) is 3. The Hall–Kier alpha value is -4.30. The summed E-state index contributed by atoms with van der Waals surface area (Å²) in [5.74, 6) is 0.662. The SMILES string of the molecule is NC(c1ccccc1)C1CCCCN1C(=O)c1ccc(Nc2nccc(Nc3ccc(F)cc3)n2)cc1. The molecule has 8 heteroatoms. The van der Waals surface area contributed by atoms with E-state index in [1.807, 2.05) is 59.5 Å². The first kappa shape index (κ1) is 24.4. The minimum atomic E-state index is -0.299. The number of carbonyl (C=O) groups is 1. The van der Waals surface area contributed by atoms with Crippen molar-refractivity contribution in [2.75, 3.05) is 17.2 Å². The van der Waals surface area contributed by atoms with Crippen molar-refractivity contribution in [2.24, 2.45) is 5.73 Å². The Labute approximate surface area is 215 Å². The van der Waals surface area contributed by atoms with Crippen molar-refractivity contribution in [3.05, 3.63) is 108 Å². The van der Waals surface area contributed by atoms with E-state index in [4.69, 9.17) is 5.73 Å². The highest BCUT2D eigenvalue weighted by molar-refractivity contribution is 5.95. The summed E-state index contributed by atoms with van der Waals surface area (Å²) >= 11 is 0. The number of benzene rings is 3. The molecular weight excluding hydrogens is 467 g/mol. The molecule has 0 radical (unpaired) electrons. The van der Waals surface area contributed by atoms with Crippen molar-refractivity contribution in [3.8, 4) is 0 Å². The second-order valence-corrected chi connectivity index (χ2v) is 9.10. The highest BCUT2D eigenvalue weighted by atomic mass is 19.1. The Kier molecular flexibility index (Phi) is 7.37. The number of halogens is 1. The molecule has 4 aromatic rings. The van der Waals surface area contributed by atoms with Crippen LogP contribution in [-0.2, 0) is 0 Å². The molecule has 0 bridgehead atoms. The first-order valence-electron chi connectivity index (χ1n) is 12.4. The topological polar surface area (TPSA) is 96.2 Å². The Morgan fingerprint density at radius 3 is 2.38 bits per heavy atom. The van der Waals surface area contributed by atoms with Crippen LogP contribution in [0.25, 0.3) is 0 Å². The second-order valence-electron chi connectivity index (χ2n) is 9.10. The molecule has 0 spiro atoms. The Morgan fingerprint density at radius 1 is 0.919 bits per heavy atom. The number of piperidine rings is 1. The molecular formula is C29H29FN6O. The molecule has 1 fully saturated rings. The van der Waals surface area contributed by atoms with Gasteiger partial charge in [0.05, 0.1) is 12.1 Å². The molecule has 5 rings (SSSR count). The van der Waals surface area contributed by atoms with Crippen LogP contribution >= 0.6 is 0 Å². The molecule has 37 heavy (non-hydrogen) atoms. The summed E-state index contributed by atoms with van der Waals surface area (Å²) in [5, 5.41) is 6.29. The zero-order valence-electron chi connectivity index (χ0n) is 20.3. The Bertz CT molecular complexity index is 1330. The first-order chi connectivity index (χ1) is 18.1. The smallest absolute Gasteiger partial charge is 0.254 e. The third kappa shape index (κ3) is 5.92. The Balaban J connectivity index is 1.26. The van der Waals surface area contributed by atoms with Crippen LogP contribution in [0.4, 0.5) is 27.5 Å². The molecule has 2 unspecified atom stereocenters. The van der Waals surface area contributed by atoms with Crippen LogP contribution in [-0.4, -0.2) is 33.4 Å². The summed E-state index contributed by atoms with van der Waals surface area (Å²) in [6, 6.07) is 24.8. The summed E-state index contributed by atoms with van der Waals surface area (Å²) in [4.78, 5) is 24.1. The van der Waals surface area contributed by atoms with Crippen LogP contribution in [0.3, 0.4) is 0 Å². The number of carbonyl (C=O) groups excluding carboxylic acids is 1. The fourth-order valence-corrected chi connectivity index (χ4v) is 4.64. The van der Waals surface area contributed by atoms with Gasteiger partial charge in [0, 0.05) is 29.7 Å². The third-order valence-corrected chi connectivity index (χ3v) is 6.57. The number of hydrogen-bond acceptors (Lipinski definition) is 6. The lowest BCUT2D eigenvalue weighted by Gasteiger charge is -2.39. The summed E-state index contributed by atoms with van der Waals surface area (Å²) in [5.41, 5.74) is 9.75. The predicted molar refractivity (Wildman–Crippen MR) is 143 cm³/mol. The van der Waals surface area contributed by atoms with Crippen molar-refractivity contribution in [3.63, 3.8) is 0 Å². The first-order valence-corrected chi connectivity index (χ1v) is 12.4. The highest BCUT2D eigenvalue weighted by Crippen LogP contribution is 2.29. The monoisotopic (exact) mass is 496 g/mol. The summed E-state index contributed by atoms with van der Waals surface area (Å²) in [6.07, 6.45) is 4.56. The van der Waals surface area contributed by atoms with Crippen molar-refractivity contribution in [2.45, 2.75) is 31.3 Å². The van der Waals surface area contributed by atoms with Gasteiger partial charge in [-0.25, -0.2) is 9.37 Å². The number of nitrogens with one attached hydrogen (secondary N) is 2. The van der Waals surface area contributed by atoms with Crippen LogP contribution in [0.1, 0.15) is 41.2 Å². The van der Waals surface area contributed by atoms with Gasteiger partial charge in [-0.05, 0) is 79.4 Å². The number of amides is 1. The maximum atomic E-state index is 13.4. The average molecular weight is 497 g/mol. The predicted octanol–water partition coefficient (Wildman–Crippen LogP) is 5.80. The molecule has 1 amide bonds. The van der Waals surface area contributed by atoms with E-state index in [1.165, 1.54) is 12.1 Å². The van der Waals surface area contributed by atoms with E-state index in [-0.39, 0.29) is 23.8 Å². The number of hydrogen-bond donors (Lipinski definition) is 3. The summed E-state index contributed by atoms with van der Waals surface area (Å²) < 4.78 is 13.1. The van der Waals surface area contributed by atoms with Crippen molar-refractivity contribution in [1.29, 1.82) is 0 Å². The standard InChI is InChI=1S/C29H29FN6O/c30-22-11-15-23(16-12-22)33-26-17-18-32-29(35-26)34-24-13-9-21(10-14-24)28(37)36-19-5-4-8-25(36)27(31)20-6-2-1-3-7-20/h1-3,6-7,9-18,25,27H,4-5,8,19,31H2,(H2,32,33,34,35). The van der Waals surface area contributed by atoms with E-state index in [0.717, 1.165) is 36.2 Å². The van der Waals surface area contributed by atoms with Gasteiger partial charge in [0.2, 0.25) is 5.95 Å². The molecule has 2 heterocycles. The van der Waals surface area contributed by atoms with E-state index in [1.54, 1.807) is 24.4 Å².